The number of rotatable bonds is 5. The second-order valence-electron chi connectivity index (χ2n) is 3.89. The van der Waals surface area contributed by atoms with Gasteiger partial charge >= 0.3 is 5.97 Å². The lowest BCUT2D eigenvalue weighted by atomic mass is 9.99. The summed E-state index contributed by atoms with van der Waals surface area (Å²) in [5, 5.41) is 11.5. The number of carbonyl (C=O) groups is 2. The fourth-order valence-corrected chi connectivity index (χ4v) is 1.40. The molecule has 0 aliphatic carbocycles. The minimum Gasteiger partial charge on any atom is -0.480 e. The van der Waals surface area contributed by atoms with Crippen molar-refractivity contribution in [3.63, 3.8) is 0 Å². The molecule has 92 valence electrons. The van der Waals surface area contributed by atoms with Crippen molar-refractivity contribution < 1.29 is 14.7 Å². The number of amides is 1. The van der Waals surface area contributed by atoms with Crippen LogP contribution in [0.15, 0.2) is 24.4 Å². The zero-order chi connectivity index (χ0) is 12.8. The van der Waals surface area contributed by atoms with Crippen LogP contribution in [0.3, 0.4) is 0 Å². The van der Waals surface area contributed by atoms with E-state index in [4.69, 9.17) is 5.11 Å². The van der Waals surface area contributed by atoms with Crippen LogP contribution in [0.4, 0.5) is 0 Å². The molecular formula is C12H16N2O3. The number of nitrogens with one attached hydrogen (secondary N) is 1. The van der Waals surface area contributed by atoms with E-state index in [9.17, 15) is 9.59 Å². The van der Waals surface area contributed by atoms with Crippen molar-refractivity contribution in [2.45, 2.75) is 26.3 Å². The quantitative estimate of drug-likeness (QED) is 0.807. The highest BCUT2D eigenvalue weighted by atomic mass is 16.4. The van der Waals surface area contributed by atoms with Gasteiger partial charge in [-0.2, -0.15) is 0 Å². The molecule has 0 aromatic carbocycles. The Morgan fingerprint density at radius 2 is 2.18 bits per heavy atom. The minimum absolute atomic E-state index is 0.125. The fraction of sp³-hybridized carbons (Fsp3) is 0.417. The first-order chi connectivity index (χ1) is 8.06. The molecule has 1 amide bonds. The van der Waals surface area contributed by atoms with Gasteiger partial charge in [-0.3, -0.25) is 9.78 Å². The van der Waals surface area contributed by atoms with Gasteiger partial charge in [0.05, 0.1) is 0 Å². The molecule has 5 nitrogen and oxygen atoms in total. The Balaban J connectivity index is 2.75. The normalized spacial score (nSPS) is 13.8. The van der Waals surface area contributed by atoms with Crippen LogP contribution in [-0.2, 0) is 4.79 Å². The van der Waals surface area contributed by atoms with Crippen LogP contribution in [0.1, 0.15) is 30.8 Å². The zero-order valence-electron chi connectivity index (χ0n) is 9.88. The predicted octanol–water partition coefficient (Wildman–Crippen LogP) is 1.31. The van der Waals surface area contributed by atoms with Gasteiger partial charge in [0.1, 0.15) is 11.7 Å². The van der Waals surface area contributed by atoms with Gasteiger partial charge in [0.25, 0.3) is 5.91 Å². The minimum atomic E-state index is -1.02. The van der Waals surface area contributed by atoms with Crippen molar-refractivity contribution in [1.82, 2.24) is 10.3 Å². The molecule has 0 saturated carbocycles. The van der Waals surface area contributed by atoms with Crippen LogP contribution in [0.5, 0.6) is 0 Å². The van der Waals surface area contributed by atoms with Gasteiger partial charge in [-0.1, -0.05) is 26.3 Å². The summed E-state index contributed by atoms with van der Waals surface area (Å²) in [6.07, 6.45) is 2.17. The van der Waals surface area contributed by atoms with Crippen LogP contribution in [0.25, 0.3) is 0 Å². The van der Waals surface area contributed by atoms with E-state index in [1.54, 1.807) is 25.1 Å². The van der Waals surface area contributed by atoms with E-state index in [0.29, 0.717) is 6.42 Å². The largest absolute Gasteiger partial charge is 0.480 e. The molecule has 1 rings (SSSR count). The Labute approximate surface area is 99.9 Å². The fourth-order valence-electron chi connectivity index (χ4n) is 1.40. The molecular weight excluding hydrogens is 220 g/mol. The van der Waals surface area contributed by atoms with Gasteiger partial charge in [-0.05, 0) is 18.1 Å². The molecule has 0 radical (unpaired) electrons. The number of hydrogen-bond donors (Lipinski definition) is 2. The first-order valence-corrected chi connectivity index (χ1v) is 5.51. The first kappa shape index (κ1) is 13.2. The highest BCUT2D eigenvalue weighted by Crippen LogP contribution is 2.08. The lowest BCUT2D eigenvalue weighted by Gasteiger charge is -2.19. The Hall–Kier alpha value is -1.91. The lowest BCUT2D eigenvalue weighted by Crippen LogP contribution is -2.45. The topological polar surface area (TPSA) is 79.3 Å². The Kier molecular flexibility index (Phi) is 4.63. The maximum atomic E-state index is 11.7. The Bertz CT molecular complexity index is 392. The summed E-state index contributed by atoms with van der Waals surface area (Å²) in [6.45, 7) is 3.67. The monoisotopic (exact) mass is 236 g/mol. The second kappa shape index (κ2) is 5.98. The molecule has 2 atom stereocenters. The summed E-state index contributed by atoms with van der Waals surface area (Å²) in [4.78, 5) is 26.6. The van der Waals surface area contributed by atoms with Crippen molar-refractivity contribution in [3.05, 3.63) is 30.1 Å². The van der Waals surface area contributed by atoms with E-state index in [0.717, 1.165) is 0 Å². The molecule has 1 heterocycles. The van der Waals surface area contributed by atoms with E-state index >= 15 is 0 Å². The number of carboxylic acids is 1. The maximum absolute atomic E-state index is 11.7. The third-order valence-electron chi connectivity index (χ3n) is 2.66. The summed E-state index contributed by atoms with van der Waals surface area (Å²) in [6, 6.07) is 4.04. The summed E-state index contributed by atoms with van der Waals surface area (Å²) >= 11 is 0. The van der Waals surface area contributed by atoms with Gasteiger partial charge < -0.3 is 10.4 Å². The highest BCUT2D eigenvalue weighted by molar-refractivity contribution is 5.94. The van der Waals surface area contributed by atoms with E-state index in [-0.39, 0.29) is 11.6 Å². The smallest absolute Gasteiger partial charge is 0.326 e. The van der Waals surface area contributed by atoms with E-state index in [1.807, 2.05) is 6.92 Å². The summed E-state index contributed by atoms with van der Waals surface area (Å²) in [5.41, 5.74) is 0.224. The molecule has 1 aromatic rings. The number of nitrogens with zero attached hydrogens (tertiary/aromatic N) is 1. The van der Waals surface area contributed by atoms with E-state index in [2.05, 4.69) is 10.3 Å². The molecule has 0 spiro atoms. The van der Waals surface area contributed by atoms with Crippen LogP contribution in [0.2, 0.25) is 0 Å². The van der Waals surface area contributed by atoms with Gasteiger partial charge in [-0.25, -0.2) is 4.79 Å². The second-order valence-corrected chi connectivity index (χ2v) is 3.89. The maximum Gasteiger partial charge on any atom is 0.326 e. The Morgan fingerprint density at radius 1 is 1.47 bits per heavy atom. The molecule has 0 saturated heterocycles. The molecule has 5 heteroatoms. The van der Waals surface area contributed by atoms with E-state index < -0.39 is 17.9 Å². The van der Waals surface area contributed by atoms with Crippen molar-refractivity contribution in [2.75, 3.05) is 0 Å². The zero-order valence-corrected chi connectivity index (χ0v) is 9.88. The third-order valence-corrected chi connectivity index (χ3v) is 2.66. The van der Waals surface area contributed by atoms with Crippen LogP contribution in [-0.4, -0.2) is 28.0 Å². The molecule has 1 aromatic heterocycles. The number of aromatic nitrogens is 1. The number of hydrogen-bond acceptors (Lipinski definition) is 3. The molecule has 0 bridgehead atoms. The number of aliphatic carboxylic acids is 1. The number of carbonyl (C=O) groups excluding carboxylic acids is 1. The average molecular weight is 236 g/mol. The molecule has 2 unspecified atom stereocenters. The number of pyridine rings is 1. The van der Waals surface area contributed by atoms with Crippen molar-refractivity contribution in [3.8, 4) is 0 Å². The molecule has 0 aliphatic heterocycles. The highest BCUT2D eigenvalue weighted by Gasteiger charge is 2.25. The van der Waals surface area contributed by atoms with Gasteiger partial charge in [0.2, 0.25) is 0 Å². The summed E-state index contributed by atoms with van der Waals surface area (Å²) in [5.74, 6) is -1.61. The molecule has 0 aliphatic rings. The van der Waals surface area contributed by atoms with Crippen LogP contribution >= 0.6 is 0 Å². The average Bonchev–Trinajstić information content (AvgIpc) is 2.35. The van der Waals surface area contributed by atoms with E-state index in [1.165, 1.54) is 6.20 Å². The van der Waals surface area contributed by atoms with Crippen LogP contribution < -0.4 is 5.32 Å². The first-order valence-electron chi connectivity index (χ1n) is 5.51. The van der Waals surface area contributed by atoms with Crippen LogP contribution in [0, 0.1) is 5.92 Å². The molecule has 0 fully saturated rings. The van der Waals surface area contributed by atoms with Crippen molar-refractivity contribution in [1.29, 1.82) is 0 Å². The van der Waals surface area contributed by atoms with Gasteiger partial charge in [0, 0.05) is 6.20 Å². The predicted molar refractivity (Wildman–Crippen MR) is 62.6 cm³/mol. The summed E-state index contributed by atoms with van der Waals surface area (Å²) < 4.78 is 0. The number of carboxylic acid groups (broad SMARTS) is 1. The summed E-state index contributed by atoms with van der Waals surface area (Å²) in [7, 11) is 0. The third kappa shape index (κ3) is 3.55. The van der Waals surface area contributed by atoms with Gasteiger partial charge in [0.15, 0.2) is 0 Å². The van der Waals surface area contributed by atoms with Gasteiger partial charge in [-0.15, -0.1) is 0 Å². The van der Waals surface area contributed by atoms with Crippen molar-refractivity contribution >= 4 is 11.9 Å². The molecule has 2 N–H and O–H groups in total. The SMILES string of the molecule is CCC(C)C(NC(=O)c1ccccn1)C(=O)O. The standard InChI is InChI=1S/C12H16N2O3/c1-3-8(2)10(12(16)17)14-11(15)9-6-4-5-7-13-9/h4-8,10H,3H2,1-2H3,(H,14,15)(H,16,17). The Morgan fingerprint density at radius 3 is 2.65 bits per heavy atom. The van der Waals surface area contributed by atoms with Crippen molar-refractivity contribution in [2.24, 2.45) is 5.92 Å². The lowest BCUT2D eigenvalue weighted by molar-refractivity contribution is -0.140. The molecule has 17 heavy (non-hydrogen) atoms.